The summed E-state index contributed by atoms with van der Waals surface area (Å²) in [5.74, 6) is -5.10. The monoisotopic (exact) mass is 553 g/mol. The minimum absolute atomic E-state index is 0.0755. The SMILES string of the molecule is CCCCS(=O)(=O)CC(C=O)(OC(C)=O)[C@@H](Cc1cc(F)cc(F)c1)[C@@H](O)CNCc1cccc(CC)c1. The Hall–Kier alpha value is -2.69. The van der Waals surface area contributed by atoms with Gasteiger partial charge in [0.15, 0.2) is 21.7 Å². The maximum Gasteiger partial charge on any atom is 0.303 e. The lowest BCUT2D eigenvalue weighted by molar-refractivity contribution is -0.168. The molecule has 2 rings (SSSR count). The van der Waals surface area contributed by atoms with E-state index in [0.717, 1.165) is 36.6 Å². The first-order valence-electron chi connectivity index (χ1n) is 12.7. The summed E-state index contributed by atoms with van der Waals surface area (Å²) in [6.45, 7) is 5.12. The number of carbonyl (C=O) groups is 2. The Labute approximate surface area is 223 Å². The van der Waals surface area contributed by atoms with Crippen LogP contribution in [-0.2, 0) is 43.5 Å². The first-order chi connectivity index (χ1) is 17.9. The van der Waals surface area contributed by atoms with Crippen molar-refractivity contribution in [3.05, 3.63) is 70.8 Å². The number of carbonyl (C=O) groups excluding carboxylic acids is 2. The molecule has 0 fully saturated rings. The van der Waals surface area contributed by atoms with Crippen LogP contribution < -0.4 is 5.32 Å². The molecule has 0 spiro atoms. The van der Waals surface area contributed by atoms with Gasteiger partial charge in [-0.25, -0.2) is 17.2 Å². The highest BCUT2D eigenvalue weighted by Crippen LogP contribution is 2.31. The summed E-state index contributed by atoms with van der Waals surface area (Å²) in [5, 5.41) is 14.3. The predicted molar refractivity (Wildman–Crippen MR) is 141 cm³/mol. The zero-order valence-corrected chi connectivity index (χ0v) is 22.9. The van der Waals surface area contributed by atoms with E-state index in [1.807, 2.05) is 38.1 Å². The molecule has 0 heterocycles. The highest BCUT2D eigenvalue weighted by atomic mass is 32.2. The van der Waals surface area contributed by atoms with Crippen LogP contribution >= 0.6 is 0 Å². The molecule has 3 atom stereocenters. The lowest BCUT2D eigenvalue weighted by atomic mass is 9.80. The molecule has 0 aromatic heterocycles. The Morgan fingerprint density at radius 2 is 1.76 bits per heavy atom. The number of esters is 1. The van der Waals surface area contributed by atoms with Crippen molar-refractivity contribution in [2.24, 2.45) is 5.92 Å². The molecule has 10 heteroatoms. The molecular weight excluding hydrogens is 516 g/mol. The second-order valence-electron chi connectivity index (χ2n) is 9.57. The number of halogens is 2. The number of ether oxygens (including phenoxy) is 1. The number of rotatable bonds is 16. The number of benzene rings is 2. The molecule has 0 radical (unpaired) electrons. The second-order valence-corrected chi connectivity index (χ2v) is 11.8. The fourth-order valence-electron chi connectivity index (χ4n) is 4.49. The van der Waals surface area contributed by atoms with E-state index in [4.69, 9.17) is 4.74 Å². The number of aldehydes is 1. The van der Waals surface area contributed by atoms with Gasteiger partial charge in [-0.3, -0.25) is 9.59 Å². The minimum atomic E-state index is -3.91. The number of nitrogens with one attached hydrogen (secondary N) is 1. The molecule has 0 saturated carbocycles. The normalized spacial score (nSPS) is 14.9. The van der Waals surface area contributed by atoms with Gasteiger partial charge in [0.1, 0.15) is 11.6 Å². The molecule has 0 aliphatic rings. The van der Waals surface area contributed by atoms with Crippen LogP contribution in [0.1, 0.15) is 50.3 Å². The van der Waals surface area contributed by atoms with Gasteiger partial charge >= 0.3 is 5.97 Å². The first-order valence-corrected chi connectivity index (χ1v) is 14.5. The third kappa shape index (κ3) is 9.56. The average Bonchev–Trinajstić information content (AvgIpc) is 2.84. The average molecular weight is 554 g/mol. The Morgan fingerprint density at radius 1 is 1.11 bits per heavy atom. The van der Waals surface area contributed by atoms with Crippen molar-refractivity contribution in [3.8, 4) is 0 Å². The molecule has 2 aromatic carbocycles. The third-order valence-corrected chi connectivity index (χ3v) is 8.14. The molecule has 0 amide bonds. The van der Waals surface area contributed by atoms with E-state index in [1.54, 1.807) is 0 Å². The summed E-state index contributed by atoms with van der Waals surface area (Å²) in [4.78, 5) is 24.6. The summed E-state index contributed by atoms with van der Waals surface area (Å²) in [5.41, 5.74) is -0.122. The summed E-state index contributed by atoms with van der Waals surface area (Å²) >= 11 is 0. The van der Waals surface area contributed by atoms with Crippen molar-refractivity contribution < 1.29 is 36.6 Å². The number of sulfone groups is 1. The van der Waals surface area contributed by atoms with Crippen LogP contribution in [0.5, 0.6) is 0 Å². The van der Waals surface area contributed by atoms with Gasteiger partial charge in [-0.2, -0.15) is 0 Å². The zero-order valence-electron chi connectivity index (χ0n) is 22.1. The van der Waals surface area contributed by atoms with E-state index in [0.29, 0.717) is 25.5 Å². The van der Waals surface area contributed by atoms with E-state index in [9.17, 15) is 31.9 Å². The second kappa shape index (κ2) is 14.5. The Balaban J connectivity index is 2.43. The van der Waals surface area contributed by atoms with Gasteiger partial charge in [0.25, 0.3) is 0 Å². The number of unbranched alkanes of at least 4 members (excludes halogenated alkanes) is 1. The topological polar surface area (TPSA) is 110 Å². The van der Waals surface area contributed by atoms with Crippen LogP contribution in [-0.4, -0.2) is 55.5 Å². The largest absolute Gasteiger partial charge is 0.450 e. The van der Waals surface area contributed by atoms with Crippen molar-refractivity contribution in [1.29, 1.82) is 0 Å². The molecule has 0 aliphatic heterocycles. The molecule has 38 heavy (non-hydrogen) atoms. The number of aryl methyl sites for hydroxylation is 1. The number of hydrogen-bond donors (Lipinski definition) is 2. The van der Waals surface area contributed by atoms with E-state index in [1.165, 1.54) is 0 Å². The Morgan fingerprint density at radius 3 is 2.34 bits per heavy atom. The smallest absolute Gasteiger partial charge is 0.303 e. The molecule has 0 bridgehead atoms. The van der Waals surface area contributed by atoms with Crippen molar-refractivity contribution in [2.45, 2.75) is 64.7 Å². The summed E-state index contributed by atoms with van der Waals surface area (Å²) < 4.78 is 59.1. The highest BCUT2D eigenvalue weighted by Gasteiger charge is 2.48. The molecule has 2 aromatic rings. The van der Waals surface area contributed by atoms with Gasteiger partial charge in [0.2, 0.25) is 0 Å². The van der Waals surface area contributed by atoms with Crippen LogP contribution in [0.15, 0.2) is 42.5 Å². The van der Waals surface area contributed by atoms with E-state index >= 15 is 0 Å². The third-order valence-electron chi connectivity index (χ3n) is 6.34. The van der Waals surface area contributed by atoms with E-state index in [-0.39, 0.29) is 30.6 Å². The summed E-state index contributed by atoms with van der Waals surface area (Å²) in [6.07, 6.45) is 0.238. The lowest BCUT2D eigenvalue weighted by Gasteiger charge is -2.38. The maximum absolute atomic E-state index is 14.0. The number of aliphatic hydroxyl groups is 1. The van der Waals surface area contributed by atoms with Crippen LogP contribution in [0.25, 0.3) is 0 Å². The number of hydrogen-bond acceptors (Lipinski definition) is 7. The fourth-order valence-corrected chi connectivity index (χ4v) is 6.39. The minimum Gasteiger partial charge on any atom is -0.450 e. The van der Waals surface area contributed by atoms with Crippen LogP contribution in [0.4, 0.5) is 8.78 Å². The summed E-state index contributed by atoms with van der Waals surface area (Å²) in [6, 6.07) is 10.5. The summed E-state index contributed by atoms with van der Waals surface area (Å²) in [7, 11) is -3.91. The van der Waals surface area contributed by atoms with Crippen molar-refractivity contribution in [2.75, 3.05) is 18.1 Å². The molecule has 210 valence electrons. The van der Waals surface area contributed by atoms with Crippen LogP contribution in [0.2, 0.25) is 0 Å². The van der Waals surface area contributed by atoms with Crippen molar-refractivity contribution in [3.63, 3.8) is 0 Å². The molecule has 1 unspecified atom stereocenters. The van der Waals surface area contributed by atoms with E-state index in [2.05, 4.69) is 5.32 Å². The first kappa shape index (κ1) is 31.5. The van der Waals surface area contributed by atoms with E-state index < -0.39 is 50.8 Å². The quantitative estimate of drug-likeness (QED) is 0.242. The molecule has 0 saturated heterocycles. The van der Waals surface area contributed by atoms with Crippen molar-refractivity contribution in [1.82, 2.24) is 5.32 Å². The molecule has 0 aliphatic carbocycles. The highest BCUT2D eigenvalue weighted by molar-refractivity contribution is 7.91. The maximum atomic E-state index is 14.0. The van der Waals surface area contributed by atoms with Gasteiger partial charge in [-0.15, -0.1) is 0 Å². The fraction of sp³-hybridized carbons (Fsp3) is 0.500. The predicted octanol–water partition coefficient (Wildman–Crippen LogP) is 3.55. The standard InChI is InChI=1S/C28H37F2NO6S/c1-4-6-10-38(35,36)19-28(18-32,37-20(3)33)26(14-23-12-24(29)15-25(30)13-23)27(34)17-31-16-22-9-7-8-21(5-2)11-22/h7-9,11-13,15,18,26-27,31,34H,4-6,10,14,16-17,19H2,1-3H3/t26-,27-,28?/m0/s1. The van der Waals surface area contributed by atoms with Gasteiger partial charge in [-0.05, 0) is 48.1 Å². The molecule has 7 nitrogen and oxygen atoms in total. The number of aliphatic hydroxyl groups excluding tert-OH is 1. The van der Waals surface area contributed by atoms with Gasteiger partial charge in [-0.1, -0.05) is 44.5 Å². The molecule has 2 N–H and O–H groups in total. The Bertz CT molecular complexity index is 1170. The molecular formula is C28H37F2NO6S. The van der Waals surface area contributed by atoms with Crippen LogP contribution in [0, 0.1) is 17.6 Å². The van der Waals surface area contributed by atoms with Gasteiger partial charge in [0.05, 0.1) is 17.6 Å². The zero-order chi connectivity index (χ0) is 28.3. The lowest BCUT2D eigenvalue weighted by Crippen LogP contribution is -2.56. The Kier molecular flexibility index (Phi) is 12.0. The van der Waals surface area contributed by atoms with Crippen LogP contribution in [0.3, 0.4) is 0 Å². The van der Waals surface area contributed by atoms with Gasteiger partial charge in [0, 0.05) is 32.0 Å². The van der Waals surface area contributed by atoms with Crippen molar-refractivity contribution >= 4 is 22.1 Å². The van der Waals surface area contributed by atoms with Gasteiger partial charge < -0.3 is 15.2 Å².